The molecule has 0 aliphatic carbocycles. The van der Waals surface area contributed by atoms with Crippen molar-refractivity contribution < 1.29 is 9.47 Å². The van der Waals surface area contributed by atoms with Gasteiger partial charge in [0, 0.05) is 27.2 Å². The Morgan fingerprint density at radius 2 is 1.16 bits per heavy atom. The number of ether oxygens (including phenoxy) is 2. The Hall–Kier alpha value is 1.88. The molecule has 2 aromatic rings. The smallest absolute Gasteiger partial charge is 0.149 e. The highest BCUT2D eigenvalue weighted by Crippen LogP contribution is 2.51. The SMILES string of the molecule is CC(C)(c1ccc(OCCC(Br)Br)cc1)c1c(Br)c(Br)c(OCCC(Br)Br)c(Br)c1Br. The second-order valence-electron chi connectivity index (χ2n) is 7.17. The quantitative estimate of drug-likeness (QED) is 0.175. The van der Waals surface area contributed by atoms with E-state index in [0.717, 1.165) is 47.8 Å². The van der Waals surface area contributed by atoms with Crippen molar-refractivity contribution in [3.05, 3.63) is 53.3 Å². The van der Waals surface area contributed by atoms with Crippen LogP contribution in [0.2, 0.25) is 0 Å². The molecule has 0 radical (unpaired) electrons. The lowest BCUT2D eigenvalue weighted by Crippen LogP contribution is -2.21. The van der Waals surface area contributed by atoms with Gasteiger partial charge in [0.2, 0.25) is 0 Å². The molecule has 172 valence electrons. The van der Waals surface area contributed by atoms with Crippen LogP contribution < -0.4 is 9.47 Å². The predicted octanol–water partition coefficient (Wildman–Crippen LogP) is 10.8. The zero-order valence-corrected chi connectivity index (χ0v) is 29.3. The summed E-state index contributed by atoms with van der Waals surface area (Å²) in [6, 6.07) is 8.28. The third-order valence-corrected chi connectivity index (χ3v) is 10.6. The van der Waals surface area contributed by atoms with Crippen molar-refractivity contribution in [2.45, 2.75) is 39.6 Å². The number of hydrogen-bond acceptors (Lipinski definition) is 2. The van der Waals surface area contributed by atoms with Gasteiger partial charge in [-0.05, 0) is 87.0 Å². The van der Waals surface area contributed by atoms with Gasteiger partial charge in [0.05, 0.1) is 29.6 Å². The number of rotatable bonds is 10. The van der Waals surface area contributed by atoms with Crippen molar-refractivity contribution in [3.8, 4) is 11.5 Å². The van der Waals surface area contributed by atoms with Crippen molar-refractivity contribution in [3.63, 3.8) is 0 Å². The predicted molar refractivity (Wildman–Crippen MR) is 159 cm³/mol. The van der Waals surface area contributed by atoms with Gasteiger partial charge in [0.15, 0.2) is 0 Å². The van der Waals surface area contributed by atoms with E-state index in [1.54, 1.807) is 0 Å². The van der Waals surface area contributed by atoms with E-state index in [2.05, 4.69) is 153 Å². The molecule has 31 heavy (non-hydrogen) atoms. The first-order valence-corrected chi connectivity index (χ1v) is 16.1. The summed E-state index contributed by atoms with van der Waals surface area (Å²) in [5, 5.41) is 0. The Morgan fingerprint density at radius 1 is 0.710 bits per heavy atom. The molecular weight excluding hydrogens is 923 g/mol. The molecule has 0 unspecified atom stereocenters. The third-order valence-electron chi connectivity index (χ3n) is 4.61. The van der Waals surface area contributed by atoms with E-state index in [-0.39, 0.29) is 12.9 Å². The molecular formula is C21H20Br8O2. The Kier molecular flexibility index (Phi) is 12.5. The molecule has 0 heterocycles. The molecule has 0 aliphatic rings. The molecule has 0 N–H and O–H groups in total. The molecule has 0 fully saturated rings. The molecule has 10 heteroatoms. The van der Waals surface area contributed by atoms with Crippen LogP contribution in [0, 0.1) is 0 Å². The van der Waals surface area contributed by atoms with Gasteiger partial charge >= 0.3 is 0 Å². The summed E-state index contributed by atoms with van der Waals surface area (Å²) in [5.41, 5.74) is 2.01. The van der Waals surface area contributed by atoms with E-state index >= 15 is 0 Å². The molecule has 2 nitrogen and oxygen atoms in total. The topological polar surface area (TPSA) is 18.5 Å². The minimum atomic E-state index is -0.284. The highest BCUT2D eigenvalue weighted by atomic mass is 79.9. The van der Waals surface area contributed by atoms with Crippen molar-refractivity contribution in [1.82, 2.24) is 0 Å². The summed E-state index contributed by atoms with van der Waals surface area (Å²) in [6.45, 7) is 5.63. The van der Waals surface area contributed by atoms with Crippen LogP contribution in [0.15, 0.2) is 42.2 Å². The van der Waals surface area contributed by atoms with E-state index in [4.69, 9.17) is 9.47 Å². The molecule has 0 aliphatic heterocycles. The maximum atomic E-state index is 6.05. The number of hydrogen-bond donors (Lipinski definition) is 0. The summed E-state index contributed by atoms with van der Waals surface area (Å²) in [5.74, 6) is 1.63. The number of alkyl halides is 4. The first-order chi connectivity index (χ1) is 14.5. The highest BCUT2D eigenvalue weighted by molar-refractivity contribution is 9.25. The zero-order valence-electron chi connectivity index (χ0n) is 16.6. The van der Waals surface area contributed by atoms with Crippen LogP contribution in [0.3, 0.4) is 0 Å². The Balaban J connectivity index is 2.33. The average molecular weight is 944 g/mol. The third kappa shape index (κ3) is 7.94. The maximum absolute atomic E-state index is 6.05. The van der Waals surface area contributed by atoms with Gasteiger partial charge in [-0.15, -0.1) is 0 Å². The van der Waals surface area contributed by atoms with Gasteiger partial charge in [-0.2, -0.15) is 0 Å². The Bertz CT molecular complexity index is 853. The van der Waals surface area contributed by atoms with Crippen molar-refractivity contribution >= 4 is 127 Å². The van der Waals surface area contributed by atoms with Gasteiger partial charge in [-0.3, -0.25) is 0 Å². The zero-order chi connectivity index (χ0) is 23.3. The van der Waals surface area contributed by atoms with Crippen LogP contribution >= 0.6 is 127 Å². The van der Waals surface area contributed by atoms with E-state index in [1.165, 1.54) is 5.56 Å². The molecule has 0 bridgehead atoms. The van der Waals surface area contributed by atoms with E-state index in [0.29, 0.717) is 13.2 Å². The molecule has 2 aromatic carbocycles. The monoisotopic (exact) mass is 935 g/mol. The molecule has 2 rings (SSSR count). The van der Waals surface area contributed by atoms with Gasteiger partial charge in [-0.25, -0.2) is 0 Å². The molecule has 0 spiro atoms. The normalized spacial score (nSPS) is 12.0. The van der Waals surface area contributed by atoms with Crippen LogP contribution in [0.1, 0.15) is 37.8 Å². The van der Waals surface area contributed by atoms with Crippen LogP contribution in [-0.2, 0) is 5.41 Å². The van der Waals surface area contributed by atoms with Crippen molar-refractivity contribution in [1.29, 1.82) is 0 Å². The lowest BCUT2D eigenvalue weighted by molar-refractivity contribution is 0.312. The largest absolute Gasteiger partial charge is 0.494 e. The summed E-state index contributed by atoms with van der Waals surface area (Å²) in [7, 11) is 0. The Labute approximate surface area is 251 Å². The van der Waals surface area contributed by atoms with E-state index in [9.17, 15) is 0 Å². The average Bonchev–Trinajstić information content (AvgIpc) is 2.69. The number of halogens is 8. The van der Waals surface area contributed by atoms with E-state index in [1.807, 2.05) is 12.1 Å². The first-order valence-electron chi connectivity index (χ1n) is 9.25. The lowest BCUT2D eigenvalue weighted by Gasteiger charge is -2.30. The molecule has 0 amide bonds. The highest BCUT2D eigenvalue weighted by Gasteiger charge is 2.32. The molecule has 0 saturated heterocycles. The standard InChI is InChI=1S/C21H20Br8O2/c1-21(2,11-3-5-12(6-4-11)30-9-7-13(22)23)15-16(26)18(28)20(19(29)17(15)27)31-10-8-14(24)25/h3-6,13-14H,7-10H2,1-2H3. The maximum Gasteiger partial charge on any atom is 0.149 e. The molecule has 0 saturated carbocycles. The number of benzene rings is 2. The van der Waals surface area contributed by atoms with Gasteiger partial charge < -0.3 is 9.47 Å². The minimum Gasteiger partial charge on any atom is -0.494 e. The molecule has 0 aromatic heterocycles. The van der Waals surface area contributed by atoms with Gasteiger partial charge in [0.1, 0.15) is 11.5 Å². The summed E-state index contributed by atoms with van der Waals surface area (Å²) >= 11 is 29.0. The second kappa shape index (κ2) is 13.3. The van der Waals surface area contributed by atoms with Crippen LogP contribution in [0.25, 0.3) is 0 Å². The van der Waals surface area contributed by atoms with Gasteiger partial charge in [0.25, 0.3) is 0 Å². The van der Waals surface area contributed by atoms with Crippen LogP contribution in [0.4, 0.5) is 0 Å². The second-order valence-corrected chi connectivity index (χ2v) is 17.2. The molecule has 0 atom stereocenters. The summed E-state index contributed by atoms with van der Waals surface area (Å²) in [6.07, 6.45) is 1.72. The summed E-state index contributed by atoms with van der Waals surface area (Å²) < 4.78 is 16.0. The Morgan fingerprint density at radius 3 is 1.61 bits per heavy atom. The fraction of sp³-hybridized carbons (Fsp3) is 0.429. The summed E-state index contributed by atoms with van der Waals surface area (Å²) in [4.78, 5) is 0. The first kappa shape index (κ1) is 29.1. The van der Waals surface area contributed by atoms with E-state index < -0.39 is 0 Å². The minimum absolute atomic E-state index is 0.218. The van der Waals surface area contributed by atoms with Crippen LogP contribution in [-0.4, -0.2) is 20.7 Å². The fourth-order valence-electron chi connectivity index (χ4n) is 2.92. The fourth-order valence-corrected chi connectivity index (χ4v) is 6.96. The van der Waals surface area contributed by atoms with Crippen molar-refractivity contribution in [2.75, 3.05) is 13.2 Å². The lowest BCUT2D eigenvalue weighted by atomic mass is 9.78. The van der Waals surface area contributed by atoms with Crippen LogP contribution in [0.5, 0.6) is 11.5 Å². The van der Waals surface area contributed by atoms with Crippen molar-refractivity contribution in [2.24, 2.45) is 0 Å². The van der Waals surface area contributed by atoms with Gasteiger partial charge in [-0.1, -0.05) is 89.7 Å².